The van der Waals surface area contributed by atoms with Gasteiger partial charge in [-0.3, -0.25) is 4.79 Å². The number of halogens is 2. The first-order chi connectivity index (χ1) is 11.1. The van der Waals surface area contributed by atoms with Crippen LogP contribution in [0.1, 0.15) is 15.9 Å². The van der Waals surface area contributed by atoms with Crippen molar-refractivity contribution in [1.82, 2.24) is 4.90 Å². The van der Waals surface area contributed by atoms with Crippen molar-refractivity contribution in [3.8, 4) is 0 Å². The molecule has 1 heterocycles. The number of hydrogen-bond acceptors (Lipinski definition) is 2. The molecular weight excluding hydrogens is 298 g/mol. The lowest BCUT2D eigenvalue weighted by atomic mass is 10.1. The molecule has 1 saturated heterocycles. The van der Waals surface area contributed by atoms with Crippen molar-refractivity contribution in [1.29, 1.82) is 0 Å². The predicted octanol–water partition coefficient (Wildman–Crippen LogP) is 3.24. The first-order valence-corrected chi connectivity index (χ1v) is 7.61. The summed E-state index contributed by atoms with van der Waals surface area (Å²) in [4.78, 5) is 16.3. The first-order valence-electron chi connectivity index (χ1n) is 7.61. The third kappa shape index (κ3) is 3.18. The minimum absolute atomic E-state index is 0.0213. The number of carbonyl (C=O) groups excluding carboxylic acids is 1. The highest BCUT2D eigenvalue weighted by atomic mass is 19.2. The predicted molar refractivity (Wildman–Crippen MR) is 85.7 cm³/mol. The molecule has 0 radical (unpaired) electrons. The molecule has 1 aliphatic rings. The summed E-state index contributed by atoms with van der Waals surface area (Å²) in [6.07, 6.45) is 0. The molecule has 0 aliphatic carbocycles. The van der Waals surface area contributed by atoms with Crippen molar-refractivity contribution >= 4 is 11.6 Å². The molecule has 1 aliphatic heterocycles. The van der Waals surface area contributed by atoms with E-state index in [0.29, 0.717) is 37.4 Å². The summed E-state index contributed by atoms with van der Waals surface area (Å²) in [6, 6.07) is 11.4. The van der Waals surface area contributed by atoms with Crippen LogP contribution in [0.2, 0.25) is 0 Å². The molecule has 0 saturated carbocycles. The molecule has 0 atom stereocenters. The monoisotopic (exact) mass is 316 g/mol. The highest BCUT2D eigenvalue weighted by Gasteiger charge is 2.23. The summed E-state index contributed by atoms with van der Waals surface area (Å²) in [6.45, 7) is 4.24. The molecule has 0 N–H and O–H groups in total. The van der Waals surface area contributed by atoms with E-state index in [4.69, 9.17) is 0 Å². The zero-order valence-corrected chi connectivity index (χ0v) is 12.9. The zero-order chi connectivity index (χ0) is 16.4. The van der Waals surface area contributed by atoms with Gasteiger partial charge in [-0.05, 0) is 30.7 Å². The van der Waals surface area contributed by atoms with Gasteiger partial charge in [-0.2, -0.15) is 0 Å². The molecule has 3 nitrogen and oxygen atoms in total. The Bertz CT molecular complexity index is 725. The van der Waals surface area contributed by atoms with E-state index < -0.39 is 11.6 Å². The Labute approximate surface area is 134 Å². The van der Waals surface area contributed by atoms with Crippen molar-refractivity contribution in [2.24, 2.45) is 0 Å². The van der Waals surface area contributed by atoms with Crippen LogP contribution in [-0.2, 0) is 0 Å². The minimum atomic E-state index is -0.846. The van der Waals surface area contributed by atoms with Gasteiger partial charge >= 0.3 is 0 Å². The van der Waals surface area contributed by atoms with Gasteiger partial charge in [-0.15, -0.1) is 0 Å². The standard InChI is InChI=1S/C18H18F2N2O/c1-13-4-2-3-5-15(13)18(23)22-10-8-21(9-11-22)14-6-7-16(19)17(20)12-14/h2-7,12H,8-11H2,1H3. The van der Waals surface area contributed by atoms with Crippen molar-refractivity contribution < 1.29 is 13.6 Å². The van der Waals surface area contributed by atoms with E-state index in [1.807, 2.05) is 36.1 Å². The summed E-state index contributed by atoms with van der Waals surface area (Å²) in [5.74, 6) is -1.67. The van der Waals surface area contributed by atoms with Gasteiger partial charge in [-0.1, -0.05) is 18.2 Å². The van der Waals surface area contributed by atoms with E-state index in [1.54, 1.807) is 11.0 Å². The van der Waals surface area contributed by atoms with Crippen LogP contribution in [0.4, 0.5) is 14.5 Å². The molecule has 1 amide bonds. The number of benzene rings is 2. The largest absolute Gasteiger partial charge is 0.368 e. The van der Waals surface area contributed by atoms with Gasteiger partial charge in [0.2, 0.25) is 0 Å². The van der Waals surface area contributed by atoms with Gasteiger partial charge in [0, 0.05) is 43.5 Å². The Kier molecular flexibility index (Phi) is 4.28. The second-order valence-corrected chi connectivity index (χ2v) is 5.69. The molecule has 0 unspecified atom stereocenters. The summed E-state index contributed by atoms with van der Waals surface area (Å²) in [5, 5.41) is 0. The van der Waals surface area contributed by atoms with Crippen molar-refractivity contribution in [2.75, 3.05) is 31.1 Å². The fourth-order valence-corrected chi connectivity index (χ4v) is 2.83. The highest BCUT2D eigenvalue weighted by molar-refractivity contribution is 5.95. The van der Waals surface area contributed by atoms with E-state index in [9.17, 15) is 13.6 Å². The molecule has 0 aromatic heterocycles. The van der Waals surface area contributed by atoms with Crippen LogP contribution in [0, 0.1) is 18.6 Å². The Balaban J connectivity index is 1.67. The van der Waals surface area contributed by atoms with Crippen LogP contribution in [0.25, 0.3) is 0 Å². The van der Waals surface area contributed by atoms with Gasteiger partial charge < -0.3 is 9.80 Å². The molecule has 0 spiro atoms. The molecule has 1 fully saturated rings. The Hall–Kier alpha value is -2.43. The van der Waals surface area contributed by atoms with E-state index >= 15 is 0 Å². The SMILES string of the molecule is Cc1ccccc1C(=O)N1CCN(c2ccc(F)c(F)c2)CC1. The number of rotatable bonds is 2. The number of hydrogen-bond donors (Lipinski definition) is 0. The molecular formula is C18H18F2N2O. The fraction of sp³-hybridized carbons (Fsp3) is 0.278. The maximum atomic E-state index is 13.3. The smallest absolute Gasteiger partial charge is 0.254 e. The molecule has 0 bridgehead atoms. The molecule has 2 aromatic carbocycles. The maximum Gasteiger partial charge on any atom is 0.254 e. The summed E-state index contributed by atoms with van der Waals surface area (Å²) < 4.78 is 26.4. The van der Waals surface area contributed by atoms with Crippen LogP contribution < -0.4 is 4.90 Å². The summed E-state index contributed by atoms with van der Waals surface area (Å²) in [7, 11) is 0. The average molecular weight is 316 g/mol. The Morgan fingerprint density at radius 1 is 0.957 bits per heavy atom. The van der Waals surface area contributed by atoms with Crippen LogP contribution in [-0.4, -0.2) is 37.0 Å². The minimum Gasteiger partial charge on any atom is -0.368 e. The van der Waals surface area contributed by atoms with E-state index in [1.165, 1.54) is 6.07 Å². The average Bonchev–Trinajstić information content (AvgIpc) is 2.57. The summed E-state index contributed by atoms with van der Waals surface area (Å²) >= 11 is 0. The van der Waals surface area contributed by atoms with Gasteiger partial charge in [0.15, 0.2) is 11.6 Å². The van der Waals surface area contributed by atoms with Gasteiger partial charge in [0.1, 0.15) is 0 Å². The van der Waals surface area contributed by atoms with Crippen LogP contribution in [0.5, 0.6) is 0 Å². The van der Waals surface area contributed by atoms with E-state index in [0.717, 1.165) is 11.6 Å². The fourth-order valence-electron chi connectivity index (χ4n) is 2.83. The number of anilines is 1. The molecule has 3 rings (SSSR count). The van der Waals surface area contributed by atoms with Gasteiger partial charge in [0.25, 0.3) is 5.91 Å². The second kappa shape index (κ2) is 6.36. The van der Waals surface area contributed by atoms with Crippen LogP contribution >= 0.6 is 0 Å². The number of amides is 1. The number of piperazine rings is 1. The zero-order valence-electron chi connectivity index (χ0n) is 12.9. The Morgan fingerprint density at radius 2 is 1.65 bits per heavy atom. The molecule has 23 heavy (non-hydrogen) atoms. The molecule has 5 heteroatoms. The number of nitrogens with zero attached hydrogens (tertiary/aromatic N) is 2. The lowest BCUT2D eigenvalue weighted by Gasteiger charge is -2.36. The second-order valence-electron chi connectivity index (χ2n) is 5.69. The van der Waals surface area contributed by atoms with Gasteiger partial charge in [0.05, 0.1) is 0 Å². The topological polar surface area (TPSA) is 23.6 Å². The first kappa shape index (κ1) is 15.5. The maximum absolute atomic E-state index is 13.3. The summed E-state index contributed by atoms with van der Waals surface area (Å²) in [5.41, 5.74) is 2.32. The number of carbonyl (C=O) groups is 1. The van der Waals surface area contributed by atoms with Crippen molar-refractivity contribution in [3.05, 3.63) is 65.2 Å². The van der Waals surface area contributed by atoms with Crippen LogP contribution in [0.15, 0.2) is 42.5 Å². The van der Waals surface area contributed by atoms with E-state index in [-0.39, 0.29) is 5.91 Å². The molecule has 120 valence electrons. The quantitative estimate of drug-likeness (QED) is 0.849. The third-order valence-corrected chi connectivity index (χ3v) is 4.21. The van der Waals surface area contributed by atoms with Crippen LogP contribution in [0.3, 0.4) is 0 Å². The lowest BCUT2D eigenvalue weighted by Crippen LogP contribution is -2.49. The highest BCUT2D eigenvalue weighted by Crippen LogP contribution is 2.20. The number of aryl methyl sites for hydroxylation is 1. The lowest BCUT2D eigenvalue weighted by molar-refractivity contribution is 0.0746. The normalized spacial score (nSPS) is 14.9. The Morgan fingerprint density at radius 3 is 2.30 bits per heavy atom. The van der Waals surface area contributed by atoms with E-state index in [2.05, 4.69) is 0 Å². The van der Waals surface area contributed by atoms with Gasteiger partial charge in [-0.25, -0.2) is 8.78 Å². The van der Waals surface area contributed by atoms with Crippen molar-refractivity contribution in [2.45, 2.75) is 6.92 Å². The third-order valence-electron chi connectivity index (χ3n) is 4.21. The van der Waals surface area contributed by atoms with Crippen molar-refractivity contribution in [3.63, 3.8) is 0 Å². The molecule has 2 aromatic rings.